The average molecular weight is 203 g/mol. The Morgan fingerprint density at radius 2 is 2.07 bits per heavy atom. The van der Waals surface area contributed by atoms with Gasteiger partial charge in [-0.25, -0.2) is 0 Å². The van der Waals surface area contributed by atoms with E-state index in [2.05, 4.69) is 42.5 Å². The summed E-state index contributed by atoms with van der Waals surface area (Å²) >= 11 is 0. The lowest BCUT2D eigenvalue weighted by Crippen LogP contribution is -2.23. The van der Waals surface area contributed by atoms with Gasteiger partial charge in [0.05, 0.1) is 22.9 Å². The van der Waals surface area contributed by atoms with Gasteiger partial charge in [-0.15, -0.1) is 0 Å². The van der Waals surface area contributed by atoms with Crippen LogP contribution >= 0.6 is 0 Å². The molecule has 0 saturated heterocycles. The van der Waals surface area contributed by atoms with E-state index in [9.17, 15) is 0 Å². The zero-order valence-electron chi connectivity index (χ0n) is 9.78. The van der Waals surface area contributed by atoms with Crippen LogP contribution in [0.4, 0.5) is 0 Å². The number of nitrogens with zero attached hydrogens (tertiary/aromatic N) is 3. The van der Waals surface area contributed by atoms with Crippen LogP contribution in [0.5, 0.6) is 0 Å². The Kier molecular flexibility index (Phi) is 2.25. The van der Waals surface area contributed by atoms with Crippen molar-refractivity contribution in [3.05, 3.63) is 24.2 Å². The summed E-state index contributed by atoms with van der Waals surface area (Å²) in [4.78, 5) is 4.17. The maximum absolute atomic E-state index is 4.66. The Morgan fingerprint density at radius 3 is 2.67 bits per heavy atom. The molecule has 2 aromatic heterocycles. The van der Waals surface area contributed by atoms with Crippen LogP contribution in [0.2, 0.25) is 0 Å². The number of hydrogen-bond acceptors (Lipinski definition) is 2. The molecule has 0 bridgehead atoms. The van der Waals surface area contributed by atoms with Crippen LogP contribution in [0.1, 0.15) is 33.4 Å². The van der Waals surface area contributed by atoms with E-state index in [1.54, 1.807) is 0 Å². The molecule has 0 amide bonds. The molecule has 0 aliphatic rings. The monoisotopic (exact) mass is 203 g/mol. The summed E-state index contributed by atoms with van der Waals surface area (Å²) in [5, 5.41) is 5.88. The lowest BCUT2D eigenvalue weighted by molar-refractivity contribution is 0.365. The topological polar surface area (TPSA) is 30.7 Å². The maximum atomic E-state index is 4.66. The van der Waals surface area contributed by atoms with Crippen LogP contribution in [0.3, 0.4) is 0 Å². The van der Waals surface area contributed by atoms with Crippen LogP contribution in [0, 0.1) is 0 Å². The number of hydrogen-bond donors (Lipinski definition) is 0. The molecule has 0 aliphatic heterocycles. The third kappa shape index (κ3) is 1.62. The highest BCUT2D eigenvalue weighted by molar-refractivity contribution is 5.81. The Balaban J connectivity index is 2.76. The van der Waals surface area contributed by atoms with Crippen molar-refractivity contribution in [3.8, 4) is 0 Å². The fourth-order valence-corrected chi connectivity index (χ4v) is 1.80. The van der Waals surface area contributed by atoms with Gasteiger partial charge in [0.15, 0.2) is 0 Å². The van der Waals surface area contributed by atoms with Crippen molar-refractivity contribution in [2.45, 2.75) is 39.7 Å². The van der Waals surface area contributed by atoms with Crippen LogP contribution in [-0.4, -0.2) is 14.8 Å². The summed E-state index contributed by atoms with van der Waals surface area (Å²) in [5.74, 6) is 0. The summed E-state index contributed by atoms with van der Waals surface area (Å²) < 4.78 is 2.06. The van der Waals surface area contributed by atoms with E-state index in [1.807, 2.05) is 18.5 Å². The van der Waals surface area contributed by atoms with Crippen molar-refractivity contribution >= 4 is 10.9 Å². The van der Waals surface area contributed by atoms with E-state index in [4.69, 9.17) is 0 Å². The minimum Gasteiger partial charge on any atom is -0.262 e. The largest absolute Gasteiger partial charge is 0.262 e. The third-order valence-corrected chi connectivity index (χ3v) is 2.53. The summed E-state index contributed by atoms with van der Waals surface area (Å²) in [5.41, 5.74) is 2.29. The van der Waals surface area contributed by atoms with Crippen molar-refractivity contribution in [2.75, 3.05) is 0 Å². The Bertz CT molecular complexity index is 477. The Morgan fingerprint density at radius 1 is 1.33 bits per heavy atom. The van der Waals surface area contributed by atoms with Gasteiger partial charge in [-0.05, 0) is 33.3 Å². The molecule has 15 heavy (non-hydrogen) atoms. The number of rotatable bonds is 1. The molecular weight excluding hydrogens is 186 g/mol. The molecule has 0 radical (unpaired) electrons. The molecule has 0 unspecified atom stereocenters. The number of aromatic nitrogens is 3. The molecule has 2 heterocycles. The first-order valence-electron chi connectivity index (χ1n) is 5.36. The summed E-state index contributed by atoms with van der Waals surface area (Å²) in [7, 11) is 0. The quantitative estimate of drug-likeness (QED) is 0.713. The van der Waals surface area contributed by atoms with E-state index in [-0.39, 0.29) is 5.54 Å². The molecule has 3 nitrogen and oxygen atoms in total. The lowest BCUT2D eigenvalue weighted by atomic mass is 10.1. The van der Waals surface area contributed by atoms with Gasteiger partial charge in [0, 0.05) is 11.6 Å². The van der Waals surface area contributed by atoms with Crippen LogP contribution < -0.4 is 0 Å². The van der Waals surface area contributed by atoms with Gasteiger partial charge in [-0.1, -0.05) is 6.92 Å². The van der Waals surface area contributed by atoms with Crippen molar-refractivity contribution < 1.29 is 0 Å². The molecule has 0 saturated carbocycles. The second kappa shape index (κ2) is 3.33. The average Bonchev–Trinajstić information content (AvgIpc) is 2.55. The smallest absolute Gasteiger partial charge is 0.0874 e. The van der Waals surface area contributed by atoms with Crippen LogP contribution in [0.15, 0.2) is 18.5 Å². The molecule has 2 aromatic rings. The maximum Gasteiger partial charge on any atom is 0.0874 e. The second-order valence-corrected chi connectivity index (χ2v) is 4.78. The second-order valence-electron chi connectivity index (χ2n) is 4.78. The molecular formula is C12H17N3. The van der Waals surface area contributed by atoms with Gasteiger partial charge in [0.2, 0.25) is 0 Å². The molecule has 0 spiro atoms. The minimum atomic E-state index is 0.00863. The van der Waals surface area contributed by atoms with Gasteiger partial charge >= 0.3 is 0 Å². The highest BCUT2D eigenvalue weighted by atomic mass is 15.3. The Hall–Kier alpha value is -1.38. The highest BCUT2D eigenvalue weighted by Gasteiger charge is 2.19. The molecule has 0 N–H and O–H groups in total. The first kappa shape index (κ1) is 10.1. The molecule has 3 heteroatoms. The van der Waals surface area contributed by atoms with E-state index in [1.165, 1.54) is 5.39 Å². The fraction of sp³-hybridized carbons (Fsp3) is 0.500. The highest BCUT2D eigenvalue weighted by Crippen LogP contribution is 2.24. The zero-order valence-corrected chi connectivity index (χ0v) is 9.78. The lowest BCUT2D eigenvalue weighted by Gasteiger charge is -2.20. The standard InChI is InChI=1S/C12H17N3/c1-5-10-9-6-7-13-8-11(9)15(14-10)12(2,3)4/h6-8H,5H2,1-4H3. The van der Waals surface area contributed by atoms with E-state index >= 15 is 0 Å². The number of aryl methyl sites for hydroxylation is 1. The van der Waals surface area contributed by atoms with E-state index in [0.717, 1.165) is 17.6 Å². The Labute approximate surface area is 90.1 Å². The van der Waals surface area contributed by atoms with Gasteiger partial charge in [0.1, 0.15) is 0 Å². The fourth-order valence-electron chi connectivity index (χ4n) is 1.80. The summed E-state index contributed by atoms with van der Waals surface area (Å²) in [6, 6.07) is 2.05. The van der Waals surface area contributed by atoms with E-state index in [0.29, 0.717) is 0 Å². The predicted octanol–water partition coefficient (Wildman–Crippen LogP) is 2.75. The predicted molar refractivity (Wildman–Crippen MR) is 61.9 cm³/mol. The minimum absolute atomic E-state index is 0.00863. The zero-order chi connectivity index (χ0) is 11.1. The van der Waals surface area contributed by atoms with E-state index < -0.39 is 0 Å². The molecule has 0 atom stereocenters. The van der Waals surface area contributed by atoms with Gasteiger partial charge < -0.3 is 0 Å². The van der Waals surface area contributed by atoms with Gasteiger partial charge in [0.25, 0.3) is 0 Å². The van der Waals surface area contributed by atoms with Crippen molar-refractivity contribution in [2.24, 2.45) is 0 Å². The van der Waals surface area contributed by atoms with Gasteiger partial charge in [-0.3, -0.25) is 9.67 Å². The van der Waals surface area contributed by atoms with Crippen molar-refractivity contribution in [1.29, 1.82) is 0 Å². The SMILES string of the molecule is CCc1nn(C(C)(C)C)c2cnccc12. The van der Waals surface area contributed by atoms with Crippen LogP contribution in [0.25, 0.3) is 10.9 Å². The molecule has 80 valence electrons. The first-order valence-corrected chi connectivity index (χ1v) is 5.36. The summed E-state index contributed by atoms with van der Waals surface area (Å²) in [6.45, 7) is 8.61. The van der Waals surface area contributed by atoms with Crippen LogP contribution in [-0.2, 0) is 12.0 Å². The summed E-state index contributed by atoms with van der Waals surface area (Å²) in [6.07, 6.45) is 4.69. The van der Waals surface area contributed by atoms with Gasteiger partial charge in [-0.2, -0.15) is 5.10 Å². The third-order valence-electron chi connectivity index (χ3n) is 2.53. The molecule has 2 rings (SSSR count). The number of pyridine rings is 1. The molecule has 0 aromatic carbocycles. The molecule has 0 aliphatic carbocycles. The van der Waals surface area contributed by atoms with Crippen molar-refractivity contribution in [3.63, 3.8) is 0 Å². The van der Waals surface area contributed by atoms with Crippen molar-refractivity contribution in [1.82, 2.24) is 14.8 Å². The first-order chi connectivity index (χ1) is 7.04. The normalized spacial score (nSPS) is 12.3. The molecule has 0 fully saturated rings. The number of fused-ring (bicyclic) bond motifs is 1.